The summed E-state index contributed by atoms with van der Waals surface area (Å²) in [5.41, 5.74) is 12.0. The van der Waals surface area contributed by atoms with Crippen molar-refractivity contribution in [2.24, 2.45) is 10.8 Å². The molecule has 258 valence electrons. The molecule has 1 saturated carbocycles. The van der Waals surface area contributed by atoms with Crippen molar-refractivity contribution in [3.05, 3.63) is 108 Å². The number of carbonyl (C=O) groups excluding carboxylic acids is 2. The quantitative estimate of drug-likeness (QED) is 0.147. The second kappa shape index (κ2) is 15.3. The van der Waals surface area contributed by atoms with Crippen LogP contribution in [0.25, 0.3) is 22.3 Å². The van der Waals surface area contributed by atoms with Gasteiger partial charge in [0.1, 0.15) is 11.5 Å². The van der Waals surface area contributed by atoms with Gasteiger partial charge in [0.15, 0.2) is 0 Å². The van der Waals surface area contributed by atoms with Gasteiger partial charge in [0.05, 0.1) is 0 Å². The van der Waals surface area contributed by atoms with Crippen LogP contribution in [0.2, 0.25) is 0 Å². The van der Waals surface area contributed by atoms with Crippen LogP contribution >= 0.6 is 0 Å². The fourth-order valence-corrected chi connectivity index (χ4v) is 7.26. The number of carbonyl (C=O) groups is 2. The van der Waals surface area contributed by atoms with Gasteiger partial charge in [0.25, 0.3) is 0 Å². The Bertz CT molecular complexity index is 1730. The van der Waals surface area contributed by atoms with Gasteiger partial charge in [-0.1, -0.05) is 133 Å². The lowest BCUT2D eigenvalue weighted by molar-refractivity contribution is 0.0649. The average molecular weight is 662 g/mol. The number of para-hydroxylation sites is 2. The summed E-state index contributed by atoms with van der Waals surface area (Å²) in [6.07, 6.45) is 1.45. The van der Waals surface area contributed by atoms with E-state index in [1.165, 1.54) is 11.1 Å². The molecule has 1 aliphatic carbocycles. The lowest BCUT2D eigenvalue weighted by atomic mass is 9.62. The summed E-state index contributed by atoms with van der Waals surface area (Å²) < 4.78 is 11.6. The summed E-state index contributed by atoms with van der Waals surface area (Å²) in [6.45, 7) is 15.7. The van der Waals surface area contributed by atoms with Crippen molar-refractivity contribution in [3.63, 3.8) is 0 Å². The Kier molecular flexibility index (Phi) is 11.1. The molecule has 1 fully saturated rings. The molecule has 0 heterocycles. The molecule has 49 heavy (non-hydrogen) atoms. The first-order chi connectivity index (χ1) is 23.3. The van der Waals surface area contributed by atoms with Crippen molar-refractivity contribution >= 4 is 12.2 Å². The number of hydrogen-bond acceptors (Lipinski definition) is 5. The highest BCUT2D eigenvalue weighted by atomic mass is 16.6. The highest BCUT2D eigenvalue weighted by Gasteiger charge is 2.41. The van der Waals surface area contributed by atoms with Crippen molar-refractivity contribution in [3.8, 4) is 33.8 Å². The summed E-state index contributed by atoms with van der Waals surface area (Å²) >= 11 is 0. The zero-order valence-electron chi connectivity index (χ0n) is 29.9. The molecule has 0 saturated heterocycles. The van der Waals surface area contributed by atoms with Crippen LogP contribution in [-0.4, -0.2) is 24.8 Å². The van der Waals surface area contributed by atoms with Crippen molar-refractivity contribution in [1.29, 1.82) is 0 Å². The van der Waals surface area contributed by atoms with Crippen LogP contribution in [0.5, 0.6) is 11.5 Å². The molecular weight excluding hydrogens is 610 g/mol. The predicted octanol–water partition coefficient (Wildman–Crippen LogP) is 10.2. The molecule has 5 rings (SSSR count). The molecule has 0 bridgehead atoms. The first-order valence-corrected chi connectivity index (χ1v) is 17.4. The number of ether oxygens (including phenoxy) is 2. The predicted molar refractivity (Wildman–Crippen MR) is 198 cm³/mol. The van der Waals surface area contributed by atoms with Gasteiger partial charge in [-0.3, -0.25) is 5.43 Å². The summed E-state index contributed by atoms with van der Waals surface area (Å²) in [5, 5.41) is 3.03. The number of rotatable bonds is 10. The number of amides is 2. The molecule has 0 radical (unpaired) electrons. The Hall–Kier alpha value is -4.62. The third kappa shape index (κ3) is 9.51. The zero-order valence-corrected chi connectivity index (χ0v) is 29.9. The number of hydrogen-bond donors (Lipinski definition) is 3. The minimum absolute atomic E-state index is 0.0209. The molecule has 0 spiro atoms. The maximum absolute atomic E-state index is 13.1. The van der Waals surface area contributed by atoms with Crippen LogP contribution in [0.4, 0.5) is 9.59 Å². The number of benzene rings is 4. The van der Waals surface area contributed by atoms with Gasteiger partial charge < -0.3 is 14.8 Å². The van der Waals surface area contributed by atoms with Gasteiger partial charge in [-0.05, 0) is 76.3 Å². The molecule has 7 heteroatoms. The third-order valence-electron chi connectivity index (χ3n) is 9.44. The zero-order chi connectivity index (χ0) is 35.2. The molecule has 2 atom stereocenters. The van der Waals surface area contributed by atoms with Gasteiger partial charge in [-0.2, -0.15) is 0 Å². The van der Waals surface area contributed by atoms with E-state index in [-0.39, 0.29) is 16.9 Å². The van der Waals surface area contributed by atoms with Crippen LogP contribution in [0, 0.1) is 10.8 Å². The highest BCUT2D eigenvalue weighted by molar-refractivity contribution is 5.78. The fraction of sp³-hybridized carbons (Fsp3) is 0.381. The molecule has 0 aromatic heterocycles. The van der Waals surface area contributed by atoms with Crippen LogP contribution in [-0.2, 0) is 0 Å². The fourth-order valence-electron chi connectivity index (χ4n) is 7.26. The van der Waals surface area contributed by atoms with E-state index in [1.54, 1.807) is 6.07 Å². The molecule has 2 unspecified atom stereocenters. The lowest BCUT2D eigenvalue weighted by Crippen LogP contribution is -2.54. The van der Waals surface area contributed by atoms with Gasteiger partial charge in [0.2, 0.25) is 0 Å². The SMILES string of the molecule is CC(C)c1ccc(-c2ccccc2OC(=O)NCC2(C)CC(NNC(=O)Oc3ccccc3-c3ccc(C(C)C)cc3)CC(C)(C)C2)cc1. The smallest absolute Gasteiger partial charge is 0.410 e. The monoisotopic (exact) mass is 661 g/mol. The Morgan fingerprint density at radius 2 is 1.14 bits per heavy atom. The van der Waals surface area contributed by atoms with Crippen molar-refractivity contribution in [2.75, 3.05) is 6.54 Å². The minimum Gasteiger partial charge on any atom is -0.410 e. The van der Waals surface area contributed by atoms with Gasteiger partial charge in [-0.15, -0.1) is 0 Å². The van der Waals surface area contributed by atoms with Crippen LogP contribution in [0.1, 0.15) is 90.7 Å². The third-order valence-corrected chi connectivity index (χ3v) is 9.44. The Morgan fingerprint density at radius 3 is 1.63 bits per heavy atom. The normalized spacial score (nSPS) is 18.6. The van der Waals surface area contributed by atoms with E-state index < -0.39 is 12.2 Å². The number of hydrazine groups is 1. The molecule has 4 aromatic carbocycles. The molecule has 2 amide bonds. The van der Waals surface area contributed by atoms with E-state index in [0.29, 0.717) is 29.9 Å². The summed E-state index contributed by atoms with van der Waals surface area (Å²) in [7, 11) is 0. The summed E-state index contributed by atoms with van der Waals surface area (Å²) in [6, 6.07) is 31.9. The minimum atomic E-state index is -0.574. The van der Waals surface area contributed by atoms with E-state index in [9.17, 15) is 9.59 Å². The van der Waals surface area contributed by atoms with Gasteiger partial charge in [-0.25, -0.2) is 15.0 Å². The van der Waals surface area contributed by atoms with Gasteiger partial charge in [0, 0.05) is 23.7 Å². The van der Waals surface area contributed by atoms with E-state index in [2.05, 4.69) is 113 Å². The lowest BCUT2D eigenvalue weighted by Gasteiger charge is -2.46. The maximum Gasteiger partial charge on any atom is 0.427 e. The molecule has 0 aliphatic heterocycles. The van der Waals surface area contributed by atoms with Crippen molar-refractivity contribution in [2.45, 2.75) is 85.6 Å². The highest BCUT2D eigenvalue weighted by Crippen LogP contribution is 2.45. The second-order valence-electron chi connectivity index (χ2n) is 15.2. The standard InChI is InChI=1S/C42H51N3O4/c1-28(2)30-16-20-32(21-17-30)35-12-8-10-14-37(35)48-39(46)43-27-42(7)25-34(24-41(5,6)26-42)44-45-40(47)49-38-15-11-9-13-36(38)33-22-18-31(19-23-33)29(3)4/h8-23,28-29,34,44H,24-27H2,1-7H3,(H,43,46)(H,45,47). The van der Waals surface area contributed by atoms with Crippen molar-refractivity contribution < 1.29 is 19.1 Å². The maximum atomic E-state index is 13.1. The number of nitrogens with one attached hydrogen (secondary N) is 3. The summed E-state index contributed by atoms with van der Waals surface area (Å²) in [5.74, 6) is 1.89. The average Bonchev–Trinajstić information content (AvgIpc) is 3.06. The molecule has 3 N–H and O–H groups in total. The van der Waals surface area contributed by atoms with E-state index >= 15 is 0 Å². The molecular formula is C42H51N3O4. The molecule has 1 aliphatic rings. The Labute approximate surface area is 291 Å². The first-order valence-electron chi connectivity index (χ1n) is 17.4. The Morgan fingerprint density at radius 1 is 0.673 bits per heavy atom. The van der Waals surface area contributed by atoms with Gasteiger partial charge >= 0.3 is 12.2 Å². The topological polar surface area (TPSA) is 88.7 Å². The largest absolute Gasteiger partial charge is 0.427 e. The van der Waals surface area contributed by atoms with E-state index in [0.717, 1.165) is 41.5 Å². The van der Waals surface area contributed by atoms with Crippen LogP contribution in [0.15, 0.2) is 97.1 Å². The van der Waals surface area contributed by atoms with E-state index in [4.69, 9.17) is 9.47 Å². The second-order valence-corrected chi connectivity index (χ2v) is 15.2. The van der Waals surface area contributed by atoms with Crippen LogP contribution in [0.3, 0.4) is 0 Å². The molecule has 7 nitrogen and oxygen atoms in total. The first kappa shape index (κ1) is 35.7. The summed E-state index contributed by atoms with van der Waals surface area (Å²) in [4.78, 5) is 26.1. The molecule has 4 aromatic rings. The van der Waals surface area contributed by atoms with E-state index in [1.807, 2.05) is 42.5 Å². The Balaban J connectivity index is 1.17. The van der Waals surface area contributed by atoms with Crippen molar-refractivity contribution in [1.82, 2.24) is 16.2 Å². The van der Waals surface area contributed by atoms with Crippen LogP contribution < -0.4 is 25.6 Å².